The monoisotopic (exact) mass is 270 g/mol. The summed E-state index contributed by atoms with van der Waals surface area (Å²) in [6.07, 6.45) is 0.745. The van der Waals surface area contributed by atoms with Crippen LogP contribution in [0, 0.1) is 0 Å². The summed E-state index contributed by atoms with van der Waals surface area (Å²) in [7, 11) is 0. The van der Waals surface area contributed by atoms with Gasteiger partial charge in [-0.25, -0.2) is 4.79 Å². The van der Waals surface area contributed by atoms with E-state index in [1.54, 1.807) is 0 Å². The van der Waals surface area contributed by atoms with Crippen LogP contribution in [0.1, 0.15) is 33.6 Å². The van der Waals surface area contributed by atoms with Crippen molar-refractivity contribution in [1.29, 1.82) is 0 Å². The fourth-order valence-electron chi connectivity index (χ4n) is 1.49. The van der Waals surface area contributed by atoms with E-state index in [4.69, 9.17) is 4.84 Å². The van der Waals surface area contributed by atoms with Crippen molar-refractivity contribution in [2.24, 2.45) is 0 Å². The van der Waals surface area contributed by atoms with E-state index >= 15 is 0 Å². The zero-order valence-electron chi connectivity index (χ0n) is 10.3. The molecule has 0 spiro atoms. The summed E-state index contributed by atoms with van der Waals surface area (Å²) in [5, 5.41) is 0.482. The third-order valence-corrected chi connectivity index (χ3v) is 2.46. The van der Waals surface area contributed by atoms with Crippen LogP contribution < -0.4 is 0 Å². The molecule has 2 rings (SSSR count). The number of amides is 2. The molecule has 1 aromatic rings. The van der Waals surface area contributed by atoms with E-state index < -0.39 is 17.8 Å². The topological polar surface area (TPSA) is 80.8 Å². The quantitative estimate of drug-likeness (QED) is 0.449. The molecule has 0 bridgehead atoms. The SMILES string of the molecule is O=Cc1ccc(C(=O)ON2C(=O)CCC2=O)cc1.[Na]. The van der Waals surface area contributed by atoms with E-state index in [0.29, 0.717) is 16.9 Å². The van der Waals surface area contributed by atoms with Crippen molar-refractivity contribution in [1.82, 2.24) is 5.06 Å². The molecule has 1 aromatic carbocycles. The number of hydrogen-bond acceptors (Lipinski definition) is 5. The van der Waals surface area contributed by atoms with Gasteiger partial charge in [-0.15, -0.1) is 5.06 Å². The Morgan fingerprint density at radius 1 is 1.11 bits per heavy atom. The molecule has 1 saturated heterocycles. The number of carbonyl (C=O) groups excluding carboxylic acids is 4. The molecule has 0 unspecified atom stereocenters. The van der Waals surface area contributed by atoms with Crippen LogP contribution in [0.25, 0.3) is 0 Å². The molecule has 1 radical (unpaired) electrons. The maximum Gasteiger partial charge on any atom is 0.363 e. The first-order valence-electron chi connectivity index (χ1n) is 5.25. The van der Waals surface area contributed by atoms with E-state index in [-0.39, 0.29) is 48.0 Å². The van der Waals surface area contributed by atoms with Crippen LogP contribution >= 0.6 is 0 Å². The number of nitrogens with zero attached hydrogens (tertiary/aromatic N) is 1. The number of hydrogen-bond donors (Lipinski definition) is 0. The normalized spacial score (nSPS) is 14.0. The molecular formula is C12H9NNaO5. The number of carbonyl (C=O) groups is 4. The van der Waals surface area contributed by atoms with Gasteiger partial charge < -0.3 is 4.84 Å². The fraction of sp³-hybridized carbons (Fsp3) is 0.167. The Morgan fingerprint density at radius 3 is 2.11 bits per heavy atom. The number of rotatable bonds is 3. The Morgan fingerprint density at radius 2 is 1.63 bits per heavy atom. The number of imide groups is 1. The summed E-state index contributed by atoms with van der Waals surface area (Å²) in [6, 6.07) is 5.66. The van der Waals surface area contributed by atoms with Crippen molar-refractivity contribution in [3.05, 3.63) is 35.4 Å². The molecule has 1 aliphatic rings. The van der Waals surface area contributed by atoms with Crippen LogP contribution in [-0.4, -0.2) is 58.7 Å². The molecule has 1 fully saturated rings. The second kappa shape index (κ2) is 6.60. The Bertz CT molecular complexity index is 509. The minimum Gasteiger partial charge on any atom is -0.325 e. The zero-order chi connectivity index (χ0) is 13.1. The van der Waals surface area contributed by atoms with Crippen LogP contribution in [-0.2, 0) is 14.4 Å². The van der Waals surface area contributed by atoms with Crippen LogP contribution in [0.2, 0.25) is 0 Å². The summed E-state index contributed by atoms with van der Waals surface area (Å²) in [5.74, 6) is -1.87. The van der Waals surface area contributed by atoms with Gasteiger partial charge in [-0.3, -0.25) is 14.4 Å². The molecule has 7 heteroatoms. The minimum atomic E-state index is -0.809. The Labute approximate surface area is 131 Å². The van der Waals surface area contributed by atoms with Crippen LogP contribution in [0.5, 0.6) is 0 Å². The summed E-state index contributed by atoms with van der Waals surface area (Å²) in [6.45, 7) is 0. The first-order chi connectivity index (χ1) is 8.61. The summed E-state index contributed by atoms with van der Waals surface area (Å²) in [4.78, 5) is 49.2. The summed E-state index contributed by atoms with van der Waals surface area (Å²) >= 11 is 0. The van der Waals surface area contributed by atoms with Gasteiger partial charge in [0.05, 0.1) is 5.56 Å². The van der Waals surface area contributed by atoms with Gasteiger partial charge in [0.25, 0.3) is 11.8 Å². The predicted octanol–water partition coefficient (Wildman–Crippen LogP) is 0.339. The van der Waals surface area contributed by atoms with Gasteiger partial charge in [-0.2, -0.15) is 0 Å². The van der Waals surface area contributed by atoms with Gasteiger partial charge in [0.2, 0.25) is 0 Å². The Hall–Kier alpha value is -1.50. The average Bonchev–Trinajstić information content (AvgIpc) is 2.70. The number of aldehydes is 1. The molecule has 1 heterocycles. The Balaban J connectivity index is 0.00000180. The molecule has 0 aliphatic carbocycles. The number of hydroxylamine groups is 2. The van der Waals surface area contributed by atoms with Crippen molar-refractivity contribution in [2.75, 3.05) is 0 Å². The number of benzene rings is 1. The van der Waals surface area contributed by atoms with Gasteiger partial charge in [0.15, 0.2) is 0 Å². The van der Waals surface area contributed by atoms with E-state index in [2.05, 4.69) is 0 Å². The standard InChI is InChI=1S/C12H9NO5.Na/c14-7-8-1-3-9(4-2-8)12(17)18-13-10(15)5-6-11(13)16;/h1-4,7H,5-6H2;. The molecule has 0 saturated carbocycles. The Kier molecular flexibility index (Phi) is 5.41. The fourth-order valence-corrected chi connectivity index (χ4v) is 1.49. The van der Waals surface area contributed by atoms with Crippen LogP contribution in [0.15, 0.2) is 24.3 Å². The maximum absolute atomic E-state index is 11.6. The van der Waals surface area contributed by atoms with E-state index in [9.17, 15) is 19.2 Å². The van der Waals surface area contributed by atoms with Crippen molar-refractivity contribution in [2.45, 2.75) is 12.8 Å². The smallest absolute Gasteiger partial charge is 0.325 e. The molecule has 19 heavy (non-hydrogen) atoms. The van der Waals surface area contributed by atoms with Crippen LogP contribution in [0.4, 0.5) is 0 Å². The van der Waals surface area contributed by atoms with Gasteiger partial charge in [-0.1, -0.05) is 12.1 Å². The molecule has 93 valence electrons. The minimum absolute atomic E-state index is 0. The van der Waals surface area contributed by atoms with Crippen molar-refractivity contribution >= 4 is 53.6 Å². The zero-order valence-corrected chi connectivity index (χ0v) is 12.3. The van der Waals surface area contributed by atoms with Gasteiger partial charge in [0.1, 0.15) is 6.29 Å². The first-order valence-corrected chi connectivity index (χ1v) is 5.25. The molecule has 0 atom stereocenters. The van der Waals surface area contributed by atoms with Gasteiger partial charge in [0, 0.05) is 48.0 Å². The largest absolute Gasteiger partial charge is 0.363 e. The van der Waals surface area contributed by atoms with Crippen molar-refractivity contribution in [3.63, 3.8) is 0 Å². The molecule has 1 aliphatic heterocycles. The van der Waals surface area contributed by atoms with Crippen molar-refractivity contribution < 1.29 is 24.0 Å². The van der Waals surface area contributed by atoms with E-state index in [1.165, 1.54) is 24.3 Å². The molecule has 0 N–H and O–H groups in total. The summed E-state index contributed by atoms with van der Waals surface area (Å²) < 4.78 is 0. The molecule has 2 amide bonds. The van der Waals surface area contributed by atoms with E-state index in [0.717, 1.165) is 0 Å². The van der Waals surface area contributed by atoms with Crippen LogP contribution in [0.3, 0.4) is 0 Å². The van der Waals surface area contributed by atoms with E-state index in [1.807, 2.05) is 0 Å². The predicted molar refractivity (Wildman–Crippen MR) is 64.1 cm³/mol. The van der Waals surface area contributed by atoms with Gasteiger partial charge >= 0.3 is 5.97 Å². The van der Waals surface area contributed by atoms with Crippen molar-refractivity contribution in [3.8, 4) is 0 Å². The van der Waals surface area contributed by atoms with Gasteiger partial charge in [-0.05, 0) is 12.1 Å². The third-order valence-electron chi connectivity index (χ3n) is 2.46. The third kappa shape index (κ3) is 3.50. The molecular weight excluding hydrogens is 261 g/mol. The second-order valence-corrected chi connectivity index (χ2v) is 3.70. The maximum atomic E-state index is 11.6. The average molecular weight is 270 g/mol. The first kappa shape index (κ1) is 15.6. The summed E-state index contributed by atoms with van der Waals surface area (Å²) in [5.41, 5.74) is 0.577. The molecule has 0 aromatic heterocycles. The second-order valence-electron chi connectivity index (χ2n) is 3.70. The molecule has 6 nitrogen and oxygen atoms in total.